The topological polar surface area (TPSA) is 29.1 Å². The van der Waals surface area contributed by atoms with Crippen LogP contribution >= 0.6 is 0 Å². The molecule has 3 atom stereocenters. The first-order valence-electron chi connectivity index (χ1n) is 3.62. The lowest BCUT2D eigenvalue weighted by atomic mass is 10.1. The van der Waals surface area contributed by atoms with E-state index in [1.165, 1.54) is 12.8 Å². The third-order valence-corrected chi connectivity index (χ3v) is 2.48. The summed E-state index contributed by atoms with van der Waals surface area (Å²) in [6.07, 6.45) is 3.63. The summed E-state index contributed by atoms with van der Waals surface area (Å²) in [4.78, 5) is 10.3. The van der Waals surface area contributed by atoms with Crippen LogP contribution in [0.25, 0.3) is 0 Å². The molecule has 9 heavy (non-hydrogen) atoms. The minimum Gasteiger partial charge on any atom is -0.313 e. The normalized spacial score (nSPS) is 47.8. The van der Waals surface area contributed by atoms with Crippen molar-refractivity contribution < 1.29 is 4.79 Å². The van der Waals surface area contributed by atoms with Gasteiger partial charge in [-0.1, -0.05) is 0 Å². The zero-order chi connectivity index (χ0) is 6.27. The highest BCUT2D eigenvalue weighted by Crippen LogP contribution is 2.42. The van der Waals surface area contributed by atoms with Crippen molar-refractivity contribution in [3.05, 3.63) is 0 Å². The Hall–Kier alpha value is -0.370. The Labute approximate surface area is 54.6 Å². The lowest BCUT2D eigenvalue weighted by Gasteiger charge is -2.07. The van der Waals surface area contributed by atoms with Crippen LogP contribution in [0.1, 0.15) is 12.8 Å². The molecule has 0 radical (unpaired) electrons. The molecule has 1 aliphatic heterocycles. The molecular weight excluding hydrogens is 114 g/mol. The maximum Gasteiger partial charge on any atom is 0.124 e. The predicted octanol–water partition coefficient (Wildman–Crippen LogP) is 0.183. The van der Waals surface area contributed by atoms with E-state index < -0.39 is 0 Å². The van der Waals surface area contributed by atoms with E-state index in [-0.39, 0.29) is 0 Å². The minimum absolute atomic E-state index is 0.368. The third kappa shape index (κ3) is 0.697. The number of hydrogen-bond acceptors (Lipinski definition) is 2. The van der Waals surface area contributed by atoms with Crippen molar-refractivity contribution in [3.8, 4) is 0 Å². The molecule has 0 aromatic heterocycles. The number of piperidine rings is 1. The summed E-state index contributed by atoms with van der Waals surface area (Å²) in [7, 11) is 0. The fourth-order valence-electron chi connectivity index (χ4n) is 1.85. The van der Waals surface area contributed by atoms with E-state index >= 15 is 0 Å². The summed E-state index contributed by atoms with van der Waals surface area (Å²) < 4.78 is 0. The summed E-state index contributed by atoms with van der Waals surface area (Å²) >= 11 is 0. The van der Waals surface area contributed by atoms with Crippen LogP contribution < -0.4 is 5.32 Å². The maximum absolute atomic E-state index is 10.3. The van der Waals surface area contributed by atoms with Crippen LogP contribution in [-0.2, 0) is 4.79 Å². The molecule has 2 fully saturated rings. The monoisotopic (exact) mass is 125 g/mol. The van der Waals surface area contributed by atoms with E-state index in [0.717, 1.165) is 12.8 Å². The average Bonchev–Trinajstić information content (AvgIpc) is 2.60. The van der Waals surface area contributed by atoms with E-state index in [2.05, 4.69) is 5.32 Å². The van der Waals surface area contributed by atoms with Crippen molar-refractivity contribution in [1.29, 1.82) is 0 Å². The van der Waals surface area contributed by atoms with E-state index in [0.29, 0.717) is 17.9 Å². The lowest BCUT2D eigenvalue weighted by Crippen LogP contribution is -2.24. The highest BCUT2D eigenvalue weighted by Gasteiger charge is 2.50. The van der Waals surface area contributed by atoms with Gasteiger partial charge >= 0.3 is 0 Å². The van der Waals surface area contributed by atoms with E-state index in [9.17, 15) is 4.79 Å². The number of rotatable bonds is 1. The molecule has 1 heterocycles. The van der Waals surface area contributed by atoms with Gasteiger partial charge in [0.1, 0.15) is 6.29 Å². The SMILES string of the molecule is O=CC1[C@H]2CCCN[C@@H]12. The Kier molecular flexibility index (Phi) is 1.09. The molecule has 1 saturated heterocycles. The van der Waals surface area contributed by atoms with Gasteiger partial charge in [-0.05, 0) is 25.3 Å². The largest absolute Gasteiger partial charge is 0.313 e. The van der Waals surface area contributed by atoms with Crippen LogP contribution in [0, 0.1) is 11.8 Å². The summed E-state index contributed by atoms with van der Waals surface area (Å²) in [6.45, 7) is 1.12. The van der Waals surface area contributed by atoms with Gasteiger partial charge in [0.05, 0.1) is 0 Å². The van der Waals surface area contributed by atoms with Crippen molar-refractivity contribution in [2.45, 2.75) is 18.9 Å². The van der Waals surface area contributed by atoms with Crippen molar-refractivity contribution in [2.75, 3.05) is 6.54 Å². The molecule has 0 amide bonds. The Morgan fingerprint density at radius 1 is 1.56 bits per heavy atom. The molecule has 2 nitrogen and oxygen atoms in total. The molecule has 2 heteroatoms. The van der Waals surface area contributed by atoms with Crippen LogP contribution in [-0.4, -0.2) is 18.9 Å². The van der Waals surface area contributed by atoms with Crippen LogP contribution in [0.2, 0.25) is 0 Å². The van der Waals surface area contributed by atoms with Gasteiger partial charge in [0.25, 0.3) is 0 Å². The smallest absolute Gasteiger partial charge is 0.124 e. The van der Waals surface area contributed by atoms with Gasteiger partial charge in [-0.15, -0.1) is 0 Å². The molecule has 50 valence electrons. The number of hydrogen-bond donors (Lipinski definition) is 1. The molecule has 0 aromatic carbocycles. The molecule has 0 spiro atoms. The Morgan fingerprint density at radius 3 is 3.00 bits per heavy atom. The fourth-order valence-corrected chi connectivity index (χ4v) is 1.85. The van der Waals surface area contributed by atoms with E-state index in [1.807, 2.05) is 0 Å². The highest BCUT2D eigenvalue weighted by molar-refractivity contribution is 5.61. The van der Waals surface area contributed by atoms with E-state index in [4.69, 9.17) is 0 Å². The molecule has 2 aliphatic rings. The molecule has 0 aromatic rings. The number of fused-ring (bicyclic) bond motifs is 1. The molecule has 1 N–H and O–H groups in total. The maximum atomic E-state index is 10.3. The molecular formula is C7H11NO. The van der Waals surface area contributed by atoms with Gasteiger partial charge in [-0.2, -0.15) is 0 Å². The number of carbonyl (C=O) groups excluding carboxylic acids is 1. The Bertz CT molecular complexity index is 123. The quantitative estimate of drug-likeness (QED) is 0.507. The fraction of sp³-hybridized carbons (Fsp3) is 0.857. The van der Waals surface area contributed by atoms with Crippen LogP contribution in [0.15, 0.2) is 0 Å². The second-order valence-electron chi connectivity index (χ2n) is 3.00. The zero-order valence-electron chi connectivity index (χ0n) is 5.34. The number of aldehydes is 1. The predicted molar refractivity (Wildman–Crippen MR) is 34.1 cm³/mol. The van der Waals surface area contributed by atoms with E-state index in [1.54, 1.807) is 0 Å². The van der Waals surface area contributed by atoms with Gasteiger partial charge in [0, 0.05) is 12.0 Å². The minimum atomic E-state index is 0.368. The summed E-state index contributed by atoms with van der Waals surface area (Å²) in [6, 6.07) is 0.566. The van der Waals surface area contributed by atoms with Crippen LogP contribution in [0.3, 0.4) is 0 Å². The number of carbonyl (C=O) groups is 1. The summed E-state index contributed by atoms with van der Waals surface area (Å²) in [5.41, 5.74) is 0. The molecule has 1 aliphatic carbocycles. The average molecular weight is 125 g/mol. The number of nitrogens with one attached hydrogen (secondary N) is 1. The Balaban J connectivity index is 1.98. The first-order chi connectivity index (χ1) is 4.43. The van der Waals surface area contributed by atoms with Crippen molar-refractivity contribution in [3.63, 3.8) is 0 Å². The van der Waals surface area contributed by atoms with Gasteiger partial charge in [-0.3, -0.25) is 0 Å². The van der Waals surface area contributed by atoms with Crippen molar-refractivity contribution in [2.24, 2.45) is 11.8 Å². The van der Waals surface area contributed by atoms with Crippen molar-refractivity contribution in [1.82, 2.24) is 5.32 Å². The lowest BCUT2D eigenvalue weighted by molar-refractivity contribution is -0.109. The highest BCUT2D eigenvalue weighted by atomic mass is 16.1. The Morgan fingerprint density at radius 2 is 2.44 bits per heavy atom. The molecule has 1 saturated carbocycles. The molecule has 2 rings (SSSR count). The summed E-state index contributed by atoms with van der Waals surface area (Å²) in [5.74, 6) is 1.07. The van der Waals surface area contributed by atoms with Crippen LogP contribution in [0.5, 0.6) is 0 Å². The zero-order valence-corrected chi connectivity index (χ0v) is 5.34. The van der Waals surface area contributed by atoms with Gasteiger partial charge in [0.15, 0.2) is 0 Å². The first-order valence-corrected chi connectivity index (χ1v) is 3.62. The summed E-state index contributed by atoms with van der Waals surface area (Å²) in [5, 5.41) is 3.33. The van der Waals surface area contributed by atoms with Crippen molar-refractivity contribution >= 4 is 6.29 Å². The first kappa shape index (κ1) is 5.42. The standard InChI is InChI=1S/C7H11NO/c9-4-6-5-2-1-3-8-7(5)6/h4-8H,1-3H2/t5-,6?,7-/m1/s1. The van der Waals surface area contributed by atoms with Gasteiger partial charge in [-0.25, -0.2) is 0 Å². The molecule has 0 bridgehead atoms. The van der Waals surface area contributed by atoms with Gasteiger partial charge < -0.3 is 10.1 Å². The third-order valence-electron chi connectivity index (χ3n) is 2.48. The van der Waals surface area contributed by atoms with Gasteiger partial charge in [0.2, 0.25) is 0 Å². The molecule has 1 unspecified atom stereocenters. The second kappa shape index (κ2) is 1.81. The van der Waals surface area contributed by atoms with Crippen LogP contribution in [0.4, 0.5) is 0 Å². The second-order valence-corrected chi connectivity index (χ2v) is 3.00.